The highest BCUT2D eigenvalue weighted by molar-refractivity contribution is 5.94. The van der Waals surface area contributed by atoms with E-state index in [1.54, 1.807) is 19.5 Å². The summed E-state index contributed by atoms with van der Waals surface area (Å²) in [4.78, 5) is 24.1. The highest BCUT2D eigenvalue weighted by atomic mass is 16.5. The van der Waals surface area contributed by atoms with E-state index in [2.05, 4.69) is 15.3 Å². The third-order valence-electron chi connectivity index (χ3n) is 8.41. The number of fused-ring (bicyclic) bond motifs is 1. The zero-order chi connectivity index (χ0) is 21.7. The van der Waals surface area contributed by atoms with E-state index < -0.39 is 0 Å². The van der Waals surface area contributed by atoms with Gasteiger partial charge >= 0.3 is 0 Å². The molecule has 0 saturated heterocycles. The van der Waals surface area contributed by atoms with Crippen molar-refractivity contribution in [3.63, 3.8) is 0 Å². The molecule has 1 N–H and O–H groups in total. The smallest absolute Gasteiger partial charge is 0.254 e. The van der Waals surface area contributed by atoms with Crippen LogP contribution in [-0.4, -0.2) is 41.0 Å². The summed E-state index contributed by atoms with van der Waals surface area (Å²) in [5, 5.41) is 3.75. The number of ether oxygens (including phenoxy) is 1. The summed E-state index contributed by atoms with van der Waals surface area (Å²) in [7, 11) is 1.62. The van der Waals surface area contributed by atoms with E-state index in [-0.39, 0.29) is 5.91 Å². The Kier molecular flexibility index (Phi) is 4.85. The van der Waals surface area contributed by atoms with E-state index in [0.29, 0.717) is 29.8 Å². The molecule has 4 saturated carbocycles. The van der Waals surface area contributed by atoms with Crippen molar-refractivity contribution in [2.75, 3.05) is 25.5 Å². The summed E-state index contributed by atoms with van der Waals surface area (Å²) >= 11 is 0. The SMILES string of the molecule is COc1cccc(C(=O)N2CCc3c(ncnc3NCC34CC5CC(CC(C5)C3)C4)C2)c1. The fourth-order valence-electron chi connectivity index (χ4n) is 7.40. The van der Waals surface area contributed by atoms with Crippen molar-refractivity contribution in [3.8, 4) is 5.75 Å². The van der Waals surface area contributed by atoms with E-state index in [9.17, 15) is 4.79 Å². The molecule has 0 spiro atoms. The first kappa shape index (κ1) is 20.0. The second-order valence-electron chi connectivity index (χ2n) is 10.6. The first-order valence-corrected chi connectivity index (χ1v) is 12.1. The summed E-state index contributed by atoms with van der Waals surface area (Å²) < 4.78 is 5.28. The lowest BCUT2D eigenvalue weighted by atomic mass is 9.49. The maximum atomic E-state index is 13.1. The summed E-state index contributed by atoms with van der Waals surface area (Å²) in [6, 6.07) is 7.37. The van der Waals surface area contributed by atoms with E-state index in [1.807, 2.05) is 23.1 Å². The lowest BCUT2D eigenvalue weighted by Crippen LogP contribution is -2.49. The summed E-state index contributed by atoms with van der Waals surface area (Å²) in [5.74, 6) is 4.58. The molecule has 4 bridgehead atoms. The molecule has 2 aromatic rings. The molecule has 1 aromatic carbocycles. The lowest BCUT2D eigenvalue weighted by molar-refractivity contribution is -0.0444. The van der Waals surface area contributed by atoms with Crippen LogP contribution in [0.3, 0.4) is 0 Å². The molecule has 7 rings (SSSR count). The number of benzene rings is 1. The van der Waals surface area contributed by atoms with Crippen molar-refractivity contribution in [2.24, 2.45) is 23.2 Å². The number of nitrogens with one attached hydrogen (secondary N) is 1. The topological polar surface area (TPSA) is 67.3 Å². The van der Waals surface area contributed by atoms with Gasteiger partial charge in [0, 0.05) is 24.2 Å². The van der Waals surface area contributed by atoms with Gasteiger partial charge in [-0.2, -0.15) is 0 Å². The van der Waals surface area contributed by atoms with Crippen molar-refractivity contribution in [1.82, 2.24) is 14.9 Å². The molecule has 2 heterocycles. The average molecular weight is 433 g/mol. The minimum atomic E-state index is 0.0243. The van der Waals surface area contributed by atoms with Crippen LogP contribution in [0.15, 0.2) is 30.6 Å². The average Bonchev–Trinajstić information content (AvgIpc) is 2.81. The number of hydrogen-bond acceptors (Lipinski definition) is 5. The van der Waals surface area contributed by atoms with Gasteiger partial charge in [0.25, 0.3) is 5.91 Å². The Morgan fingerprint density at radius 1 is 1.16 bits per heavy atom. The fraction of sp³-hybridized carbons (Fsp3) is 0.577. The number of methoxy groups -OCH3 is 1. The molecule has 6 nitrogen and oxygen atoms in total. The van der Waals surface area contributed by atoms with Gasteiger partial charge in [-0.25, -0.2) is 9.97 Å². The Morgan fingerprint density at radius 2 is 1.91 bits per heavy atom. The van der Waals surface area contributed by atoms with Gasteiger partial charge in [-0.05, 0) is 86.3 Å². The van der Waals surface area contributed by atoms with Crippen LogP contribution in [0.2, 0.25) is 0 Å². The number of nitrogens with zero attached hydrogens (tertiary/aromatic N) is 3. The van der Waals surface area contributed by atoms with Crippen LogP contribution in [0.5, 0.6) is 5.75 Å². The fourth-order valence-corrected chi connectivity index (χ4v) is 7.40. The van der Waals surface area contributed by atoms with E-state index in [4.69, 9.17) is 4.74 Å². The van der Waals surface area contributed by atoms with Gasteiger partial charge in [-0.3, -0.25) is 4.79 Å². The monoisotopic (exact) mass is 432 g/mol. The van der Waals surface area contributed by atoms with E-state index in [0.717, 1.165) is 42.2 Å². The largest absolute Gasteiger partial charge is 0.497 e. The van der Waals surface area contributed by atoms with E-state index >= 15 is 0 Å². The number of carbonyl (C=O) groups is 1. The zero-order valence-corrected chi connectivity index (χ0v) is 18.8. The molecule has 0 atom stereocenters. The van der Waals surface area contributed by atoms with Crippen LogP contribution in [0.4, 0.5) is 5.82 Å². The molecule has 1 amide bonds. The lowest BCUT2D eigenvalue weighted by Gasteiger charge is -2.57. The number of anilines is 1. The van der Waals surface area contributed by atoms with Crippen LogP contribution in [0, 0.1) is 23.2 Å². The van der Waals surface area contributed by atoms with Crippen LogP contribution in [0.25, 0.3) is 0 Å². The molecule has 6 heteroatoms. The molecule has 4 fully saturated rings. The maximum Gasteiger partial charge on any atom is 0.254 e. The van der Waals surface area contributed by atoms with Gasteiger partial charge in [0.15, 0.2) is 0 Å². The van der Waals surface area contributed by atoms with Gasteiger partial charge in [0.1, 0.15) is 17.9 Å². The predicted molar refractivity (Wildman–Crippen MR) is 123 cm³/mol. The number of hydrogen-bond donors (Lipinski definition) is 1. The van der Waals surface area contributed by atoms with Crippen molar-refractivity contribution in [1.29, 1.82) is 0 Å². The number of carbonyl (C=O) groups excluding carboxylic acids is 1. The van der Waals surface area contributed by atoms with E-state index in [1.165, 1.54) is 44.1 Å². The molecule has 0 radical (unpaired) electrons. The van der Waals surface area contributed by atoms with Crippen molar-refractivity contribution in [3.05, 3.63) is 47.4 Å². The Morgan fingerprint density at radius 3 is 2.62 bits per heavy atom. The van der Waals surface area contributed by atoms with Crippen molar-refractivity contribution in [2.45, 2.75) is 51.5 Å². The Bertz CT molecular complexity index is 1000. The minimum absolute atomic E-state index is 0.0243. The molecular formula is C26H32N4O2. The summed E-state index contributed by atoms with van der Waals surface area (Å²) in [5.41, 5.74) is 3.28. The molecule has 0 unspecified atom stereocenters. The van der Waals surface area contributed by atoms with Gasteiger partial charge in [-0.15, -0.1) is 0 Å². The third kappa shape index (κ3) is 3.54. The molecule has 5 aliphatic rings. The van der Waals surface area contributed by atoms with Gasteiger partial charge in [-0.1, -0.05) is 6.07 Å². The first-order valence-electron chi connectivity index (χ1n) is 12.1. The zero-order valence-electron chi connectivity index (χ0n) is 18.8. The maximum absolute atomic E-state index is 13.1. The second-order valence-corrected chi connectivity index (χ2v) is 10.6. The number of aromatic nitrogens is 2. The highest BCUT2D eigenvalue weighted by Gasteiger charge is 2.50. The van der Waals surface area contributed by atoms with Crippen molar-refractivity contribution < 1.29 is 9.53 Å². The summed E-state index contributed by atoms with van der Waals surface area (Å²) in [6.45, 7) is 2.24. The van der Waals surface area contributed by atoms with Crippen LogP contribution >= 0.6 is 0 Å². The van der Waals surface area contributed by atoms with Gasteiger partial charge in [0.2, 0.25) is 0 Å². The number of rotatable bonds is 5. The Balaban J connectivity index is 1.16. The standard InChI is InChI=1S/C26H32N4O2/c1-32-21-4-2-3-20(10-21)25(31)30-6-5-22-23(14-30)28-16-29-24(22)27-15-26-11-17-7-18(12-26)9-19(8-17)13-26/h2-4,10,16-19H,5-9,11-15H2,1H3,(H,27,28,29). The van der Waals surface area contributed by atoms with Crippen molar-refractivity contribution >= 4 is 11.7 Å². The molecule has 1 aliphatic heterocycles. The molecule has 4 aliphatic carbocycles. The quantitative estimate of drug-likeness (QED) is 0.763. The minimum Gasteiger partial charge on any atom is -0.497 e. The predicted octanol–water partition coefficient (Wildman–Crippen LogP) is 4.31. The highest BCUT2D eigenvalue weighted by Crippen LogP contribution is 2.59. The molecule has 32 heavy (non-hydrogen) atoms. The second kappa shape index (κ2) is 7.75. The molecule has 1 aromatic heterocycles. The molecular weight excluding hydrogens is 400 g/mol. The van der Waals surface area contributed by atoms with Crippen LogP contribution in [0.1, 0.15) is 60.1 Å². The number of amides is 1. The van der Waals surface area contributed by atoms with Gasteiger partial charge in [0.05, 0.1) is 19.3 Å². The van der Waals surface area contributed by atoms with Crippen LogP contribution < -0.4 is 10.1 Å². The summed E-state index contributed by atoms with van der Waals surface area (Å²) in [6.07, 6.45) is 11.0. The Hall–Kier alpha value is -2.63. The normalized spacial score (nSPS) is 30.2. The van der Waals surface area contributed by atoms with Crippen LogP contribution in [-0.2, 0) is 13.0 Å². The van der Waals surface area contributed by atoms with Gasteiger partial charge < -0.3 is 15.0 Å². The first-order chi connectivity index (χ1) is 15.6. The molecule has 168 valence electrons. The Labute approximate surface area is 189 Å². The third-order valence-corrected chi connectivity index (χ3v) is 8.41.